The minimum Gasteiger partial charge on any atom is -0.456 e. The van der Waals surface area contributed by atoms with Gasteiger partial charge in [-0.05, 0) is 102 Å². The van der Waals surface area contributed by atoms with Crippen LogP contribution in [0.5, 0.6) is 0 Å². The molecule has 2 aliphatic carbocycles. The van der Waals surface area contributed by atoms with Gasteiger partial charge in [0.05, 0.1) is 11.0 Å². The van der Waals surface area contributed by atoms with Gasteiger partial charge in [-0.3, -0.25) is 4.79 Å². The zero-order valence-corrected chi connectivity index (χ0v) is 25.8. The summed E-state index contributed by atoms with van der Waals surface area (Å²) in [6.45, 7) is 22.1. The predicted octanol–water partition coefficient (Wildman–Crippen LogP) is 5.92. The highest BCUT2D eigenvalue weighted by molar-refractivity contribution is 5.86. The molecule has 1 heterocycles. The topological polar surface area (TPSA) is 79.3 Å². The number of fused-ring (bicyclic) bond motifs is 2. The van der Waals surface area contributed by atoms with E-state index >= 15 is 0 Å². The minimum absolute atomic E-state index is 0.0123. The van der Waals surface area contributed by atoms with E-state index in [-0.39, 0.29) is 22.9 Å². The van der Waals surface area contributed by atoms with Gasteiger partial charge in [0.1, 0.15) is 11.2 Å². The van der Waals surface area contributed by atoms with Gasteiger partial charge >= 0.3 is 12.1 Å². The Morgan fingerprint density at radius 1 is 0.897 bits per heavy atom. The van der Waals surface area contributed by atoms with Crippen molar-refractivity contribution in [3.8, 4) is 0 Å². The molecule has 1 amide bonds. The second-order valence-corrected chi connectivity index (χ2v) is 14.9. The third kappa shape index (κ3) is 4.83. The quantitative estimate of drug-likeness (QED) is 0.465. The maximum absolute atomic E-state index is 14.3. The molecule has 3 unspecified atom stereocenters. The SMILES string of the molecule is CC(C)(C)OC(=O)N1CCN(c2ccc(C3(C(=O)OC(C)(C)C(C)(C)O)CC4CCC3(C)C4(C)C)cc2)CC1. The molecule has 2 saturated carbocycles. The molecular weight excluding hydrogens is 492 g/mol. The van der Waals surface area contributed by atoms with Crippen LogP contribution in [-0.4, -0.2) is 65.1 Å². The Morgan fingerprint density at radius 3 is 1.90 bits per heavy atom. The van der Waals surface area contributed by atoms with Crippen molar-refractivity contribution in [2.75, 3.05) is 31.1 Å². The van der Waals surface area contributed by atoms with Crippen molar-refractivity contribution in [3.63, 3.8) is 0 Å². The molecule has 39 heavy (non-hydrogen) atoms. The number of carbonyl (C=O) groups is 2. The van der Waals surface area contributed by atoms with E-state index in [4.69, 9.17) is 9.47 Å². The van der Waals surface area contributed by atoms with E-state index in [1.54, 1.807) is 32.6 Å². The predicted molar refractivity (Wildman–Crippen MR) is 154 cm³/mol. The molecule has 0 aromatic heterocycles. The van der Waals surface area contributed by atoms with Crippen molar-refractivity contribution in [3.05, 3.63) is 29.8 Å². The number of ether oxygens (including phenoxy) is 2. The standard InChI is InChI=1S/C32H50N2O5/c1-27(2,3)39-26(36)34-19-17-33(18-20-34)24-13-11-22(12-14-24)32(25(35)38-30(8,9)29(6,7)37)21-23-15-16-31(32,10)28(23,4)5/h11-14,23,37H,15-21H2,1-10H3. The van der Waals surface area contributed by atoms with Gasteiger partial charge in [0.15, 0.2) is 0 Å². The molecule has 4 rings (SSSR count). The number of benzene rings is 1. The number of amides is 1. The van der Waals surface area contributed by atoms with E-state index in [1.807, 2.05) is 20.8 Å². The fourth-order valence-electron chi connectivity index (χ4n) is 7.05. The number of carbonyl (C=O) groups excluding carboxylic acids is 2. The zero-order valence-electron chi connectivity index (χ0n) is 25.8. The highest BCUT2D eigenvalue weighted by Gasteiger charge is 2.73. The van der Waals surface area contributed by atoms with Crippen LogP contribution in [0.3, 0.4) is 0 Å². The highest BCUT2D eigenvalue weighted by atomic mass is 16.6. The lowest BCUT2D eigenvalue weighted by atomic mass is 9.55. The van der Waals surface area contributed by atoms with Gasteiger partial charge < -0.3 is 24.4 Å². The molecule has 3 fully saturated rings. The number of hydrogen-bond donors (Lipinski definition) is 1. The highest BCUT2D eigenvalue weighted by Crippen LogP contribution is 2.74. The summed E-state index contributed by atoms with van der Waals surface area (Å²) in [7, 11) is 0. The molecule has 0 radical (unpaired) electrons. The Morgan fingerprint density at radius 2 is 1.46 bits per heavy atom. The average Bonchev–Trinajstić information content (AvgIpc) is 3.15. The Hall–Kier alpha value is -2.28. The molecule has 1 aliphatic heterocycles. The number of anilines is 1. The summed E-state index contributed by atoms with van der Waals surface area (Å²) in [5.41, 5.74) is -1.71. The van der Waals surface area contributed by atoms with E-state index < -0.39 is 22.2 Å². The molecule has 7 heteroatoms. The van der Waals surface area contributed by atoms with E-state index in [2.05, 4.69) is 49.9 Å². The minimum atomic E-state index is -1.18. The van der Waals surface area contributed by atoms with Gasteiger partial charge in [0.2, 0.25) is 0 Å². The number of piperazine rings is 1. The molecule has 1 saturated heterocycles. The van der Waals surface area contributed by atoms with Crippen molar-refractivity contribution < 1.29 is 24.2 Å². The summed E-state index contributed by atoms with van der Waals surface area (Å²) in [6.07, 6.45) is 2.58. The van der Waals surface area contributed by atoms with Gasteiger partial charge in [0.25, 0.3) is 0 Å². The monoisotopic (exact) mass is 542 g/mol. The first-order valence-electron chi connectivity index (χ1n) is 14.5. The molecule has 1 aromatic rings. The second kappa shape index (κ2) is 9.39. The molecule has 7 nitrogen and oxygen atoms in total. The van der Waals surface area contributed by atoms with Crippen molar-refractivity contribution in [1.29, 1.82) is 0 Å². The van der Waals surface area contributed by atoms with Crippen LogP contribution in [0, 0.1) is 16.7 Å². The van der Waals surface area contributed by atoms with Crippen LogP contribution >= 0.6 is 0 Å². The van der Waals surface area contributed by atoms with Crippen LogP contribution in [-0.2, 0) is 19.7 Å². The van der Waals surface area contributed by atoms with Gasteiger partial charge in [-0.1, -0.05) is 32.9 Å². The maximum Gasteiger partial charge on any atom is 0.410 e. The summed E-state index contributed by atoms with van der Waals surface area (Å²) in [6, 6.07) is 8.43. The number of esters is 1. The molecule has 1 N–H and O–H groups in total. The van der Waals surface area contributed by atoms with Crippen molar-refractivity contribution in [1.82, 2.24) is 4.90 Å². The van der Waals surface area contributed by atoms with Gasteiger partial charge in [-0.2, -0.15) is 0 Å². The van der Waals surface area contributed by atoms with Crippen LogP contribution in [0.2, 0.25) is 0 Å². The third-order valence-electron chi connectivity index (χ3n) is 10.8. The Balaban J connectivity index is 1.59. The van der Waals surface area contributed by atoms with Gasteiger partial charge in [0, 0.05) is 31.9 Å². The summed E-state index contributed by atoms with van der Waals surface area (Å²) in [5.74, 6) is 0.201. The number of hydrogen-bond acceptors (Lipinski definition) is 6. The molecule has 2 bridgehead atoms. The Bertz CT molecular complexity index is 1090. The van der Waals surface area contributed by atoms with E-state index in [1.165, 1.54) is 0 Å². The normalized spacial score (nSPS) is 28.9. The summed E-state index contributed by atoms with van der Waals surface area (Å²) < 4.78 is 11.8. The average molecular weight is 543 g/mol. The van der Waals surface area contributed by atoms with E-state index in [0.29, 0.717) is 19.0 Å². The molecule has 218 valence electrons. The van der Waals surface area contributed by atoms with E-state index in [9.17, 15) is 14.7 Å². The fraction of sp³-hybridized carbons (Fsp3) is 0.750. The third-order valence-corrected chi connectivity index (χ3v) is 10.8. The zero-order chi connectivity index (χ0) is 29.2. The first-order valence-corrected chi connectivity index (χ1v) is 14.5. The summed E-state index contributed by atoms with van der Waals surface area (Å²) in [5, 5.41) is 10.8. The first-order chi connectivity index (χ1) is 17.8. The van der Waals surface area contributed by atoms with Gasteiger partial charge in [-0.25, -0.2) is 4.79 Å². The van der Waals surface area contributed by atoms with E-state index in [0.717, 1.165) is 43.6 Å². The molecule has 1 aromatic carbocycles. The van der Waals surface area contributed by atoms with Crippen LogP contribution in [0.25, 0.3) is 0 Å². The largest absolute Gasteiger partial charge is 0.456 e. The molecule has 0 spiro atoms. The van der Waals surface area contributed by atoms with Gasteiger partial charge in [-0.15, -0.1) is 0 Å². The van der Waals surface area contributed by atoms with Crippen LogP contribution in [0.15, 0.2) is 24.3 Å². The van der Waals surface area contributed by atoms with Crippen molar-refractivity contribution >= 4 is 17.7 Å². The first kappa shape index (κ1) is 29.7. The van der Waals surface area contributed by atoms with Crippen molar-refractivity contribution in [2.24, 2.45) is 16.7 Å². The van der Waals surface area contributed by atoms with Crippen LogP contribution < -0.4 is 4.90 Å². The Labute approximate surface area is 235 Å². The van der Waals surface area contributed by atoms with Crippen molar-refractivity contribution in [2.45, 2.75) is 111 Å². The fourth-order valence-corrected chi connectivity index (χ4v) is 7.05. The molecule has 3 aliphatic rings. The summed E-state index contributed by atoms with van der Waals surface area (Å²) >= 11 is 0. The van der Waals surface area contributed by atoms with Crippen LogP contribution in [0.1, 0.15) is 94.1 Å². The smallest absolute Gasteiger partial charge is 0.410 e. The number of aliphatic hydroxyl groups is 1. The lowest BCUT2D eigenvalue weighted by Gasteiger charge is -2.49. The molecule has 3 atom stereocenters. The lowest BCUT2D eigenvalue weighted by Crippen LogP contribution is -2.56. The Kier molecular flexibility index (Phi) is 7.15. The molecular formula is C32H50N2O5. The second-order valence-electron chi connectivity index (χ2n) is 14.9. The maximum atomic E-state index is 14.3. The summed E-state index contributed by atoms with van der Waals surface area (Å²) in [4.78, 5) is 30.8. The number of rotatable bonds is 5. The lowest BCUT2D eigenvalue weighted by molar-refractivity contribution is -0.193. The number of nitrogens with zero attached hydrogens (tertiary/aromatic N) is 2. The van der Waals surface area contributed by atoms with Crippen LogP contribution in [0.4, 0.5) is 10.5 Å².